The summed E-state index contributed by atoms with van der Waals surface area (Å²) in [6.07, 6.45) is 4.97. The van der Waals surface area contributed by atoms with Crippen LogP contribution in [0, 0.1) is 18.2 Å². The van der Waals surface area contributed by atoms with Crippen molar-refractivity contribution in [2.24, 2.45) is 0 Å². The Hall–Kier alpha value is -2.02. The molecule has 1 aromatic carbocycles. The van der Waals surface area contributed by atoms with Gasteiger partial charge in [0.1, 0.15) is 17.1 Å². The topological polar surface area (TPSA) is 38.3 Å². The lowest BCUT2D eigenvalue weighted by Gasteiger charge is -2.08. The number of benzene rings is 1. The van der Waals surface area contributed by atoms with Gasteiger partial charge in [0.15, 0.2) is 0 Å². The molecular formula is C11H10FNO2. The molecule has 0 saturated carbocycles. The van der Waals surface area contributed by atoms with Crippen molar-refractivity contribution in [2.45, 2.75) is 0 Å². The zero-order valence-corrected chi connectivity index (χ0v) is 8.21. The van der Waals surface area contributed by atoms with E-state index in [9.17, 15) is 9.18 Å². The third-order valence-electron chi connectivity index (χ3n) is 1.77. The van der Waals surface area contributed by atoms with Gasteiger partial charge in [-0.15, -0.1) is 6.42 Å². The highest BCUT2D eigenvalue weighted by Gasteiger charge is 2.16. The molecule has 1 aromatic rings. The molecule has 0 spiro atoms. The average molecular weight is 207 g/mol. The van der Waals surface area contributed by atoms with Crippen LogP contribution in [0.25, 0.3) is 0 Å². The molecule has 0 bridgehead atoms. The van der Waals surface area contributed by atoms with Gasteiger partial charge in [0.05, 0.1) is 13.7 Å². The highest BCUT2D eigenvalue weighted by atomic mass is 19.1. The predicted molar refractivity (Wildman–Crippen MR) is 54.1 cm³/mol. The maximum atomic E-state index is 13.3. The molecule has 1 rings (SSSR count). The van der Waals surface area contributed by atoms with Crippen molar-refractivity contribution in [1.82, 2.24) is 5.32 Å². The first-order valence-electron chi connectivity index (χ1n) is 4.25. The number of carbonyl (C=O) groups is 1. The molecule has 15 heavy (non-hydrogen) atoms. The van der Waals surface area contributed by atoms with Crippen LogP contribution in [0.3, 0.4) is 0 Å². The Morgan fingerprint density at radius 3 is 3.00 bits per heavy atom. The molecule has 0 atom stereocenters. The highest BCUT2D eigenvalue weighted by molar-refractivity contribution is 5.97. The summed E-state index contributed by atoms with van der Waals surface area (Å²) in [5, 5.41) is 2.37. The van der Waals surface area contributed by atoms with Gasteiger partial charge in [0.2, 0.25) is 0 Å². The first kappa shape index (κ1) is 11.1. The molecule has 0 aliphatic rings. The summed E-state index contributed by atoms with van der Waals surface area (Å²) in [5.41, 5.74) is -0.129. The zero-order chi connectivity index (χ0) is 11.3. The molecular weight excluding hydrogens is 197 g/mol. The number of ether oxygens (including phenoxy) is 1. The van der Waals surface area contributed by atoms with Crippen LogP contribution in [0.15, 0.2) is 18.2 Å². The van der Waals surface area contributed by atoms with Gasteiger partial charge in [-0.2, -0.15) is 0 Å². The van der Waals surface area contributed by atoms with Gasteiger partial charge >= 0.3 is 0 Å². The zero-order valence-electron chi connectivity index (χ0n) is 8.21. The second kappa shape index (κ2) is 5.01. The lowest BCUT2D eigenvalue weighted by atomic mass is 10.1. The second-order valence-electron chi connectivity index (χ2n) is 2.70. The first-order valence-corrected chi connectivity index (χ1v) is 4.25. The quantitative estimate of drug-likeness (QED) is 0.756. The minimum atomic E-state index is -0.635. The molecule has 3 nitrogen and oxygen atoms in total. The Morgan fingerprint density at radius 1 is 1.67 bits per heavy atom. The first-order chi connectivity index (χ1) is 7.20. The number of rotatable bonds is 3. The minimum Gasteiger partial charge on any atom is -0.496 e. The van der Waals surface area contributed by atoms with Crippen LogP contribution >= 0.6 is 0 Å². The molecule has 0 fully saturated rings. The fourth-order valence-electron chi connectivity index (χ4n) is 1.11. The largest absolute Gasteiger partial charge is 0.496 e. The van der Waals surface area contributed by atoms with E-state index >= 15 is 0 Å². The summed E-state index contributed by atoms with van der Waals surface area (Å²) < 4.78 is 18.2. The molecule has 1 N–H and O–H groups in total. The van der Waals surface area contributed by atoms with Crippen molar-refractivity contribution in [3.05, 3.63) is 29.6 Å². The standard InChI is InChI=1S/C11H10FNO2/c1-3-7-13-11(14)10-8(12)5-4-6-9(10)15-2/h1,4-6H,7H2,2H3,(H,13,14). The number of halogens is 1. The van der Waals surface area contributed by atoms with Crippen LogP contribution in [0.1, 0.15) is 10.4 Å². The fourth-order valence-corrected chi connectivity index (χ4v) is 1.11. The number of hydrogen-bond acceptors (Lipinski definition) is 2. The third kappa shape index (κ3) is 2.47. The summed E-state index contributed by atoms with van der Waals surface area (Å²) in [5.74, 6) is 1.20. The number of hydrogen-bond donors (Lipinski definition) is 1. The number of methoxy groups -OCH3 is 1. The second-order valence-corrected chi connectivity index (χ2v) is 2.70. The number of amides is 1. The number of terminal acetylenes is 1. The monoisotopic (exact) mass is 207 g/mol. The van der Waals surface area contributed by atoms with E-state index in [1.165, 1.54) is 25.3 Å². The molecule has 1 amide bonds. The van der Waals surface area contributed by atoms with Crippen molar-refractivity contribution in [3.63, 3.8) is 0 Å². The maximum Gasteiger partial charge on any atom is 0.258 e. The van der Waals surface area contributed by atoms with E-state index < -0.39 is 11.7 Å². The van der Waals surface area contributed by atoms with E-state index in [0.717, 1.165) is 0 Å². The molecule has 0 unspecified atom stereocenters. The Kier molecular flexibility index (Phi) is 3.69. The average Bonchev–Trinajstić information content (AvgIpc) is 2.25. The lowest BCUT2D eigenvalue weighted by Crippen LogP contribution is -2.25. The van der Waals surface area contributed by atoms with E-state index in [-0.39, 0.29) is 17.9 Å². The molecule has 4 heteroatoms. The van der Waals surface area contributed by atoms with Gasteiger partial charge in [-0.3, -0.25) is 4.79 Å². The van der Waals surface area contributed by atoms with Crippen LogP contribution < -0.4 is 10.1 Å². The van der Waals surface area contributed by atoms with Crippen LogP contribution in [-0.4, -0.2) is 19.6 Å². The fraction of sp³-hybridized carbons (Fsp3) is 0.182. The highest BCUT2D eigenvalue weighted by Crippen LogP contribution is 2.20. The molecule has 0 aromatic heterocycles. The van der Waals surface area contributed by atoms with Crippen molar-refractivity contribution in [2.75, 3.05) is 13.7 Å². The van der Waals surface area contributed by atoms with Crippen molar-refractivity contribution < 1.29 is 13.9 Å². The van der Waals surface area contributed by atoms with Gasteiger partial charge in [0.25, 0.3) is 5.91 Å². The summed E-state index contributed by atoms with van der Waals surface area (Å²) in [7, 11) is 1.37. The minimum absolute atomic E-state index is 0.0519. The van der Waals surface area contributed by atoms with E-state index in [1.54, 1.807) is 0 Å². The Morgan fingerprint density at radius 2 is 2.40 bits per heavy atom. The molecule has 0 saturated heterocycles. The maximum absolute atomic E-state index is 13.3. The van der Waals surface area contributed by atoms with E-state index in [2.05, 4.69) is 11.2 Å². The van der Waals surface area contributed by atoms with Crippen LogP contribution in [-0.2, 0) is 0 Å². The van der Waals surface area contributed by atoms with Gasteiger partial charge in [-0.05, 0) is 12.1 Å². The van der Waals surface area contributed by atoms with Crippen LogP contribution in [0.2, 0.25) is 0 Å². The lowest BCUT2D eigenvalue weighted by molar-refractivity contribution is 0.0951. The summed E-state index contributed by atoms with van der Waals surface area (Å²) in [4.78, 5) is 11.5. The SMILES string of the molecule is C#CCNC(=O)c1c(F)cccc1OC. The summed E-state index contributed by atoms with van der Waals surface area (Å²) in [6.45, 7) is 0.0519. The predicted octanol–water partition coefficient (Wildman–Crippen LogP) is 1.20. The van der Waals surface area contributed by atoms with E-state index in [4.69, 9.17) is 11.2 Å². The van der Waals surface area contributed by atoms with Gasteiger partial charge in [-0.25, -0.2) is 4.39 Å². The van der Waals surface area contributed by atoms with E-state index in [1.807, 2.05) is 0 Å². The van der Waals surface area contributed by atoms with Crippen LogP contribution in [0.5, 0.6) is 5.75 Å². The normalized spacial score (nSPS) is 9.13. The molecule has 78 valence electrons. The molecule has 0 aliphatic carbocycles. The molecule has 0 aliphatic heterocycles. The van der Waals surface area contributed by atoms with Gasteiger partial charge in [0, 0.05) is 0 Å². The van der Waals surface area contributed by atoms with Gasteiger partial charge < -0.3 is 10.1 Å². The van der Waals surface area contributed by atoms with E-state index in [0.29, 0.717) is 0 Å². The van der Waals surface area contributed by atoms with Crippen molar-refractivity contribution in [1.29, 1.82) is 0 Å². The van der Waals surface area contributed by atoms with Crippen molar-refractivity contribution in [3.8, 4) is 18.1 Å². The Bertz CT molecular complexity index is 410. The Balaban J connectivity index is 3.01. The Labute approximate surface area is 87.2 Å². The van der Waals surface area contributed by atoms with Gasteiger partial charge in [-0.1, -0.05) is 12.0 Å². The van der Waals surface area contributed by atoms with Crippen LogP contribution in [0.4, 0.5) is 4.39 Å². The third-order valence-corrected chi connectivity index (χ3v) is 1.77. The summed E-state index contributed by atoms with van der Waals surface area (Å²) in [6, 6.07) is 4.16. The molecule has 0 radical (unpaired) electrons. The number of carbonyl (C=O) groups excluding carboxylic acids is 1. The summed E-state index contributed by atoms with van der Waals surface area (Å²) >= 11 is 0. The van der Waals surface area contributed by atoms with Crippen molar-refractivity contribution >= 4 is 5.91 Å². The molecule has 0 heterocycles. The number of nitrogens with one attached hydrogen (secondary N) is 1. The smallest absolute Gasteiger partial charge is 0.258 e.